The summed E-state index contributed by atoms with van der Waals surface area (Å²) in [5.74, 6) is 0.609. The van der Waals surface area contributed by atoms with E-state index in [4.69, 9.17) is 5.73 Å². The van der Waals surface area contributed by atoms with Crippen LogP contribution in [0.2, 0.25) is 0 Å². The predicted octanol–water partition coefficient (Wildman–Crippen LogP) is 2.62. The minimum atomic E-state index is 0.609. The van der Waals surface area contributed by atoms with Crippen molar-refractivity contribution in [2.24, 2.45) is 5.73 Å². The van der Waals surface area contributed by atoms with Crippen LogP contribution < -0.4 is 5.73 Å². The zero-order valence-electron chi connectivity index (χ0n) is 8.80. The van der Waals surface area contributed by atoms with E-state index in [2.05, 4.69) is 39.0 Å². The molecule has 0 bridgehead atoms. The lowest BCUT2D eigenvalue weighted by Crippen LogP contribution is -2.03. The molecule has 13 heavy (non-hydrogen) atoms. The van der Waals surface area contributed by atoms with Gasteiger partial charge in [-0.05, 0) is 42.5 Å². The number of hydrogen-bond donors (Lipinski definition) is 1. The van der Waals surface area contributed by atoms with E-state index in [1.54, 1.807) is 0 Å². The van der Waals surface area contributed by atoms with Gasteiger partial charge in [-0.25, -0.2) is 0 Å². The Balaban J connectivity index is 2.97. The molecule has 1 nitrogen and oxygen atoms in total. The van der Waals surface area contributed by atoms with Crippen molar-refractivity contribution in [1.29, 1.82) is 0 Å². The highest BCUT2D eigenvalue weighted by atomic mass is 14.5. The molecule has 1 aromatic carbocycles. The minimum absolute atomic E-state index is 0.609. The van der Waals surface area contributed by atoms with Gasteiger partial charge < -0.3 is 5.73 Å². The highest BCUT2D eigenvalue weighted by molar-refractivity contribution is 5.33. The van der Waals surface area contributed by atoms with Crippen LogP contribution in [0, 0.1) is 6.92 Å². The highest BCUT2D eigenvalue weighted by Gasteiger charge is 2.03. The fourth-order valence-electron chi connectivity index (χ4n) is 1.63. The lowest BCUT2D eigenvalue weighted by Gasteiger charge is -2.11. The van der Waals surface area contributed by atoms with Gasteiger partial charge in [0.05, 0.1) is 0 Å². The molecule has 0 saturated carbocycles. The van der Waals surface area contributed by atoms with E-state index in [1.165, 1.54) is 16.7 Å². The SMILES string of the molecule is Cc1ccc(CCN)cc1C(C)C. The van der Waals surface area contributed by atoms with E-state index < -0.39 is 0 Å². The van der Waals surface area contributed by atoms with Gasteiger partial charge in [0, 0.05) is 0 Å². The van der Waals surface area contributed by atoms with E-state index in [-0.39, 0.29) is 0 Å². The molecule has 0 heterocycles. The van der Waals surface area contributed by atoms with Crippen molar-refractivity contribution in [3.05, 3.63) is 34.9 Å². The Morgan fingerprint density at radius 3 is 2.54 bits per heavy atom. The quantitative estimate of drug-likeness (QED) is 0.754. The first-order valence-corrected chi connectivity index (χ1v) is 4.94. The molecule has 0 aliphatic carbocycles. The monoisotopic (exact) mass is 177 g/mol. The third kappa shape index (κ3) is 2.56. The van der Waals surface area contributed by atoms with Crippen LogP contribution >= 0.6 is 0 Å². The maximum absolute atomic E-state index is 5.52. The molecule has 2 N–H and O–H groups in total. The molecule has 1 heteroatoms. The zero-order valence-corrected chi connectivity index (χ0v) is 8.80. The Bertz CT molecular complexity index is 276. The molecule has 1 aromatic rings. The van der Waals surface area contributed by atoms with Gasteiger partial charge >= 0.3 is 0 Å². The summed E-state index contributed by atoms with van der Waals surface area (Å²) in [7, 11) is 0. The molecule has 0 fully saturated rings. The molecule has 72 valence electrons. The summed E-state index contributed by atoms with van der Waals surface area (Å²) in [6.45, 7) is 7.37. The van der Waals surface area contributed by atoms with E-state index in [0.29, 0.717) is 5.92 Å². The molecule has 0 amide bonds. The molecule has 0 atom stereocenters. The smallest absolute Gasteiger partial charge is 0.00367 e. The fraction of sp³-hybridized carbons (Fsp3) is 0.500. The van der Waals surface area contributed by atoms with Crippen LogP contribution in [0.3, 0.4) is 0 Å². The van der Waals surface area contributed by atoms with Crippen molar-refractivity contribution in [1.82, 2.24) is 0 Å². The van der Waals surface area contributed by atoms with Gasteiger partial charge in [0.1, 0.15) is 0 Å². The first-order valence-electron chi connectivity index (χ1n) is 4.94. The molecular weight excluding hydrogens is 158 g/mol. The van der Waals surface area contributed by atoms with Gasteiger partial charge in [0.15, 0.2) is 0 Å². The van der Waals surface area contributed by atoms with Crippen molar-refractivity contribution in [3.8, 4) is 0 Å². The first-order chi connectivity index (χ1) is 6.15. The van der Waals surface area contributed by atoms with Crippen molar-refractivity contribution in [3.63, 3.8) is 0 Å². The van der Waals surface area contributed by atoms with E-state index >= 15 is 0 Å². The number of nitrogens with two attached hydrogens (primary N) is 1. The van der Waals surface area contributed by atoms with Gasteiger partial charge in [-0.15, -0.1) is 0 Å². The summed E-state index contributed by atoms with van der Waals surface area (Å²) in [6.07, 6.45) is 0.986. The summed E-state index contributed by atoms with van der Waals surface area (Å²) in [6, 6.07) is 6.65. The van der Waals surface area contributed by atoms with Crippen LogP contribution in [-0.4, -0.2) is 6.54 Å². The van der Waals surface area contributed by atoms with Crippen LogP contribution in [0.25, 0.3) is 0 Å². The van der Waals surface area contributed by atoms with Gasteiger partial charge in [-0.1, -0.05) is 32.0 Å². The Morgan fingerprint density at radius 2 is 2.00 bits per heavy atom. The van der Waals surface area contributed by atoms with Crippen molar-refractivity contribution >= 4 is 0 Å². The van der Waals surface area contributed by atoms with Crippen LogP contribution in [-0.2, 0) is 6.42 Å². The topological polar surface area (TPSA) is 26.0 Å². The predicted molar refractivity (Wildman–Crippen MR) is 58.0 cm³/mol. The average molecular weight is 177 g/mol. The summed E-state index contributed by atoms with van der Waals surface area (Å²) in [5.41, 5.74) is 9.72. The summed E-state index contributed by atoms with van der Waals surface area (Å²) in [5, 5.41) is 0. The van der Waals surface area contributed by atoms with E-state index in [1.807, 2.05) is 0 Å². The second kappa shape index (κ2) is 4.43. The zero-order chi connectivity index (χ0) is 9.84. The Morgan fingerprint density at radius 1 is 1.31 bits per heavy atom. The molecule has 0 saturated heterocycles. The van der Waals surface area contributed by atoms with Gasteiger partial charge in [-0.2, -0.15) is 0 Å². The van der Waals surface area contributed by atoms with Gasteiger partial charge in [-0.3, -0.25) is 0 Å². The summed E-state index contributed by atoms with van der Waals surface area (Å²) >= 11 is 0. The van der Waals surface area contributed by atoms with Crippen LogP contribution in [0.15, 0.2) is 18.2 Å². The molecule has 0 aliphatic rings. The summed E-state index contributed by atoms with van der Waals surface area (Å²) in [4.78, 5) is 0. The van der Waals surface area contributed by atoms with Gasteiger partial charge in [0.25, 0.3) is 0 Å². The van der Waals surface area contributed by atoms with Crippen LogP contribution in [0.5, 0.6) is 0 Å². The molecular formula is C12H19N. The average Bonchev–Trinajstić information content (AvgIpc) is 2.08. The third-order valence-electron chi connectivity index (χ3n) is 2.40. The van der Waals surface area contributed by atoms with Crippen molar-refractivity contribution < 1.29 is 0 Å². The molecule has 0 radical (unpaired) electrons. The summed E-state index contributed by atoms with van der Waals surface area (Å²) < 4.78 is 0. The van der Waals surface area contributed by atoms with Crippen molar-refractivity contribution in [2.75, 3.05) is 6.54 Å². The van der Waals surface area contributed by atoms with Crippen molar-refractivity contribution in [2.45, 2.75) is 33.1 Å². The second-order valence-electron chi connectivity index (χ2n) is 3.88. The van der Waals surface area contributed by atoms with E-state index in [9.17, 15) is 0 Å². The molecule has 0 spiro atoms. The molecule has 0 aliphatic heterocycles. The Hall–Kier alpha value is -0.820. The number of hydrogen-bond acceptors (Lipinski definition) is 1. The molecule has 0 aromatic heterocycles. The second-order valence-corrected chi connectivity index (χ2v) is 3.88. The van der Waals surface area contributed by atoms with Crippen LogP contribution in [0.4, 0.5) is 0 Å². The van der Waals surface area contributed by atoms with E-state index in [0.717, 1.165) is 13.0 Å². The molecule has 1 rings (SSSR count). The largest absolute Gasteiger partial charge is 0.330 e. The number of benzene rings is 1. The normalized spacial score (nSPS) is 10.8. The third-order valence-corrected chi connectivity index (χ3v) is 2.40. The standard InChI is InChI=1S/C12H19N/c1-9(2)12-8-11(6-7-13)5-4-10(12)3/h4-5,8-9H,6-7,13H2,1-3H3. The van der Waals surface area contributed by atoms with Gasteiger partial charge in [0.2, 0.25) is 0 Å². The number of aryl methyl sites for hydroxylation is 1. The maximum atomic E-state index is 5.52. The molecule has 0 unspecified atom stereocenters. The maximum Gasteiger partial charge on any atom is -0.00367 e. The lowest BCUT2D eigenvalue weighted by molar-refractivity contribution is 0.848. The Labute approximate surface area is 81.0 Å². The lowest BCUT2D eigenvalue weighted by atomic mass is 9.95. The highest BCUT2D eigenvalue weighted by Crippen LogP contribution is 2.20. The number of rotatable bonds is 3. The minimum Gasteiger partial charge on any atom is -0.330 e. The van der Waals surface area contributed by atoms with Crippen LogP contribution in [0.1, 0.15) is 36.5 Å². The fourth-order valence-corrected chi connectivity index (χ4v) is 1.63. The Kier molecular flexibility index (Phi) is 3.49. The first kappa shape index (κ1) is 10.3.